The summed E-state index contributed by atoms with van der Waals surface area (Å²) < 4.78 is 49.4. The van der Waals surface area contributed by atoms with Crippen molar-refractivity contribution in [3.8, 4) is 0 Å². The first-order chi connectivity index (χ1) is 31.1. The predicted octanol–water partition coefficient (Wildman–Crippen LogP) is 9.06. The van der Waals surface area contributed by atoms with Gasteiger partial charge in [-0.25, -0.2) is 9.13 Å². The maximum Gasteiger partial charge on any atom is 0.472 e. The van der Waals surface area contributed by atoms with E-state index in [2.05, 4.69) is 79.1 Å². The Morgan fingerprint density at radius 2 is 0.938 bits per heavy atom. The summed E-state index contributed by atoms with van der Waals surface area (Å²) in [7, 11) is -10.7. The Bertz CT molecular complexity index is 1490. The van der Waals surface area contributed by atoms with Crippen LogP contribution >= 0.6 is 15.6 Å². The van der Waals surface area contributed by atoms with E-state index in [0.717, 1.165) is 89.9 Å². The number of ether oxygens (including phenoxy) is 2. The van der Waals surface area contributed by atoms with E-state index >= 15 is 0 Å². The number of carbonyl (C=O) groups is 2. The molecule has 0 aliphatic heterocycles. The van der Waals surface area contributed by atoms with Crippen LogP contribution in [0.1, 0.15) is 168 Å². The molecule has 376 valence electrons. The van der Waals surface area contributed by atoms with Crippen molar-refractivity contribution in [3.05, 3.63) is 60.8 Å². The van der Waals surface area contributed by atoms with Crippen molar-refractivity contribution in [1.82, 2.24) is 0 Å². The van der Waals surface area contributed by atoms with Gasteiger partial charge in [-0.1, -0.05) is 139 Å². The van der Waals surface area contributed by atoms with Crippen molar-refractivity contribution >= 4 is 27.6 Å². The number of phosphoric acid groups is 2. The highest BCUT2D eigenvalue weighted by atomic mass is 31.2. The normalized spacial score (nSPS) is 22.2. The molecule has 0 saturated heterocycles. The molecule has 0 spiro atoms. The lowest BCUT2D eigenvalue weighted by Gasteiger charge is -2.43. The second-order valence-corrected chi connectivity index (χ2v) is 19.0. The van der Waals surface area contributed by atoms with Gasteiger partial charge in [-0.05, 0) is 77.0 Å². The van der Waals surface area contributed by atoms with Crippen LogP contribution in [0.3, 0.4) is 0 Å². The third-order valence-electron chi connectivity index (χ3n) is 10.6. The van der Waals surface area contributed by atoms with Crippen molar-refractivity contribution in [1.29, 1.82) is 0 Å². The van der Waals surface area contributed by atoms with Crippen molar-refractivity contribution < 1.29 is 76.9 Å². The number of carbonyl (C=O) groups excluding carboxylic acids is 2. The molecule has 1 rings (SSSR count). The Kier molecular flexibility index (Phi) is 35.2. The van der Waals surface area contributed by atoms with Crippen LogP contribution in [0, 0.1) is 0 Å². The molecule has 0 heterocycles. The van der Waals surface area contributed by atoms with E-state index in [1.165, 1.54) is 38.5 Å². The summed E-state index contributed by atoms with van der Waals surface area (Å²) in [6.07, 6.45) is 28.9. The number of allylic oxidation sites excluding steroid dienone is 10. The van der Waals surface area contributed by atoms with Crippen molar-refractivity contribution in [3.63, 3.8) is 0 Å². The first kappa shape index (κ1) is 60.7. The van der Waals surface area contributed by atoms with Gasteiger partial charge in [0.2, 0.25) is 0 Å². The molecule has 0 radical (unpaired) electrons. The number of rotatable bonds is 39. The monoisotopic (exact) mass is 965 g/mol. The van der Waals surface area contributed by atoms with E-state index in [-0.39, 0.29) is 12.8 Å². The van der Waals surface area contributed by atoms with Gasteiger partial charge in [-0.15, -0.1) is 0 Å². The van der Waals surface area contributed by atoms with Gasteiger partial charge < -0.3 is 44.6 Å². The third kappa shape index (κ3) is 32.2. The number of aliphatic hydroxyl groups is 4. The quantitative estimate of drug-likeness (QED) is 0.0131. The fourth-order valence-corrected chi connectivity index (χ4v) is 8.43. The molecule has 1 aliphatic carbocycles. The maximum atomic E-state index is 13.0. The minimum absolute atomic E-state index is 0.0122. The summed E-state index contributed by atoms with van der Waals surface area (Å²) in [5.74, 6) is -1.25. The highest BCUT2D eigenvalue weighted by molar-refractivity contribution is 7.47. The highest BCUT2D eigenvalue weighted by Crippen LogP contribution is 2.49. The van der Waals surface area contributed by atoms with Gasteiger partial charge in [0.25, 0.3) is 0 Å². The molecule has 1 fully saturated rings. The van der Waals surface area contributed by atoms with Crippen molar-refractivity contribution in [2.45, 2.75) is 211 Å². The average Bonchev–Trinajstić information content (AvgIpc) is 3.26. The number of unbranched alkanes of at least 4 members (excludes halogenated alkanes) is 15. The van der Waals surface area contributed by atoms with E-state index in [4.69, 9.17) is 18.5 Å². The SMILES string of the molecule is CCC=CCC=CCC=CCC=CCCCCCCC(=O)OC(COC(=O)CCCCCCCC=CCCCCCCCC)COP(=O)(O)OC1C(O)C(O)C(O)C(OP(=O)(O)O)C1O. The molecule has 1 saturated carbocycles. The third-order valence-corrected chi connectivity index (χ3v) is 12.1. The van der Waals surface area contributed by atoms with Crippen LogP contribution < -0.4 is 0 Å². The van der Waals surface area contributed by atoms with E-state index in [1.807, 2.05) is 0 Å². The Morgan fingerprint density at radius 1 is 0.508 bits per heavy atom. The summed E-state index contributed by atoms with van der Waals surface area (Å²) in [6, 6.07) is 0. The van der Waals surface area contributed by atoms with Gasteiger partial charge >= 0.3 is 27.6 Å². The summed E-state index contributed by atoms with van der Waals surface area (Å²) in [5, 5.41) is 41.2. The Hall–Kier alpha value is -2.30. The number of hydrogen-bond donors (Lipinski definition) is 7. The second-order valence-electron chi connectivity index (χ2n) is 16.4. The zero-order chi connectivity index (χ0) is 48.2. The standard InChI is InChI=1S/C47H82O16P2/c1-3-5-7-9-11-13-15-17-19-20-22-24-26-28-30-32-34-36-41(49)61-39(37-59-40(48)35-33-31-29-27-25-23-21-18-16-14-12-10-8-6-4-2)38-60-65(57,58)63-47-44(52)42(50)43(51)46(45(47)53)62-64(54,55)56/h5,7,11,13,17-19,21-22,24,39,42-47,50-53H,3-4,6,8-10,12,14-16,20,23,25-38H2,1-2H3,(H,57,58)(H2,54,55,56). The molecule has 7 N–H and O–H groups in total. The number of esters is 2. The molecule has 8 atom stereocenters. The molecule has 0 bridgehead atoms. The minimum Gasteiger partial charge on any atom is -0.462 e. The van der Waals surface area contributed by atoms with E-state index in [0.29, 0.717) is 12.8 Å². The Labute approximate surface area is 388 Å². The largest absolute Gasteiger partial charge is 0.472 e. The van der Waals surface area contributed by atoms with Crippen molar-refractivity contribution in [2.24, 2.45) is 0 Å². The molecule has 8 unspecified atom stereocenters. The van der Waals surface area contributed by atoms with Gasteiger partial charge in [0.1, 0.15) is 43.2 Å². The number of aliphatic hydroxyl groups excluding tert-OH is 4. The van der Waals surface area contributed by atoms with Crippen LogP contribution in [-0.2, 0) is 41.8 Å². The average molecular weight is 965 g/mol. The van der Waals surface area contributed by atoms with Crippen LogP contribution in [0.25, 0.3) is 0 Å². The van der Waals surface area contributed by atoms with Crippen LogP contribution in [0.5, 0.6) is 0 Å². The van der Waals surface area contributed by atoms with Gasteiger partial charge in [-0.3, -0.25) is 23.2 Å². The van der Waals surface area contributed by atoms with Gasteiger partial charge in [0.05, 0.1) is 6.61 Å². The van der Waals surface area contributed by atoms with Crippen LogP contribution in [-0.4, -0.2) is 103 Å². The zero-order valence-electron chi connectivity index (χ0n) is 38.9. The lowest BCUT2D eigenvalue weighted by molar-refractivity contribution is -0.216. The molecule has 18 heteroatoms. The zero-order valence-corrected chi connectivity index (χ0v) is 40.7. The minimum atomic E-state index is -5.37. The fraction of sp³-hybridized carbons (Fsp3) is 0.745. The molecule has 0 aromatic rings. The van der Waals surface area contributed by atoms with Crippen LogP contribution in [0.15, 0.2) is 60.8 Å². The second kappa shape index (κ2) is 37.7. The van der Waals surface area contributed by atoms with Gasteiger partial charge in [0, 0.05) is 12.8 Å². The number of phosphoric ester groups is 2. The van der Waals surface area contributed by atoms with Crippen molar-refractivity contribution in [2.75, 3.05) is 13.2 Å². The Balaban J connectivity index is 2.62. The van der Waals surface area contributed by atoms with E-state index in [9.17, 15) is 53.8 Å². The topological polar surface area (TPSA) is 256 Å². The summed E-state index contributed by atoms with van der Waals surface area (Å²) in [6.45, 7) is 2.96. The Morgan fingerprint density at radius 3 is 1.45 bits per heavy atom. The molecule has 16 nitrogen and oxygen atoms in total. The lowest BCUT2D eigenvalue weighted by atomic mass is 9.85. The first-order valence-electron chi connectivity index (χ1n) is 23.8. The summed E-state index contributed by atoms with van der Waals surface area (Å²) in [4.78, 5) is 54.3. The molecule has 0 aromatic heterocycles. The molecule has 1 aliphatic rings. The van der Waals surface area contributed by atoms with E-state index in [1.54, 1.807) is 0 Å². The summed E-state index contributed by atoms with van der Waals surface area (Å²) >= 11 is 0. The molecule has 0 amide bonds. The summed E-state index contributed by atoms with van der Waals surface area (Å²) in [5.41, 5.74) is 0. The smallest absolute Gasteiger partial charge is 0.462 e. The molecule has 65 heavy (non-hydrogen) atoms. The van der Waals surface area contributed by atoms with E-state index < -0.39 is 83.5 Å². The fourth-order valence-electron chi connectivity index (χ4n) is 6.89. The number of hydrogen-bond acceptors (Lipinski definition) is 13. The first-order valence-corrected chi connectivity index (χ1v) is 26.9. The maximum absolute atomic E-state index is 13.0. The predicted molar refractivity (Wildman–Crippen MR) is 250 cm³/mol. The lowest BCUT2D eigenvalue weighted by Crippen LogP contribution is -2.64. The molecular weight excluding hydrogens is 882 g/mol. The van der Waals surface area contributed by atoms with Crippen LogP contribution in [0.4, 0.5) is 0 Å². The van der Waals surface area contributed by atoms with Crippen LogP contribution in [0.2, 0.25) is 0 Å². The highest BCUT2D eigenvalue weighted by Gasteiger charge is 2.54. The van der Waals surface area contributed by atoms with Gasteiger partial charge in [-0.2, -0.15) is 0 Å². The molecule has 0 aromatic carbocycles. The molecular formula is C47H82O16P2. The van der Waals surface area contributed by atoms with Gasteiger partial charge in [0.15, 0.2) is 6.10 Å².